The van der Waals surface area contributed by atoms with E-state index >= 15 is 0 Å². The first-order chi connectivity index (χ1) is 16.8. The van der Waals surface area contributed by atoms with Gasteiger partial charge in [-0.05, 0) is 41.2 Å². The fourth-order valence-electron chi connectivity index (χ4n) is 3.55. The monoisotopic (exact) mass is 483 g/mol. The van der Waals surface area contributed by atoms with Crippen molar-refractivity contribution in [2.24, 2.45) is 5.10 Å². The van der Waals surface area contributed by atoms with Crippen molar-refractivity contribution >= 4 is 23.9 Å². The van der Waals surface area contributed by atoms with Crippen LogP contribution in [-0.4, -0.2) is 32.6 Å². The molecular formula is C28H29N5OS. The highest BCUT2D eigenvalue weighted by Crippen LogP contribution is 2.30. The van der Waals surface area contributed by atoms with E-state index in [-0.39, 0.29) is 17.1 Å². The molecule has 0 atom stereocenters. The van der Waals surface area contributed by atoms with Crippen molar-refractivity contribution in [2.75, 3.05) is 5.75 Å². The summed E-state index contributed by atoms with van der Waals surface area (Å²) >= 11 is 1.33. The van der Waals surface area contributed by atoms with Gasteiger partial charge in [-0.1, -0.05) is 99.3 Å². The molecular weight excluding hydrogens is 454 g/mol. The molecule has 0 fully saturated rings. The van der Waals surface area contributed by atoms with Gasteiger partial charge >= 0.3 is 0 Å². The fourth-order valence-corrected chi connectivity index (χ4v) is 4.29. The van der Waals surface area contributed by atoms with Crippen molar-refractivity contribution in [3.8, 4) is 17.1 Å². The highest BCUT2D eigenvalue weighted by atomic mass is 32.2. The van der Waals surface area contributed by atoms with Gasteiger partial charge in [0.1, 0.15) is 0 Å². The number of hydrogen-bond donors (Lipinski definition) is 1. The molecule has 0 aliphatic rings. The van der Waals surface area contributed by atoms with Crippen LogP contribution >= 0.6 is 11.8 Å². The zero-order chi connectivity index (χ0) is 24.8. The number of nitrogens with one attached hydrogen (secondary N) is 1. The minimum atomic E-state index is -0.210. The summed E-state index contributed by atoms with van der Waals surface area (Å²) in [6.07, 6.45) is 1.66. The zero-order valence-corrected chi connectivity index (χ0v) is 21.2. The van der Waals surface area contributed by atoms with Crippen molar-refractivity contribution < 1.29 is 4.79 Å². The minimum absolute atomic E-state index is 0.0711. The van der Waals surface area contributed by atoms with Gasteiger partial charge in [0.2, 0.25) is 0 Å². The van der Waals surface area contributed by atoms with Crippen LogP contribution in [0.5, 0.6) is 0 Å². The van der Waals surface area contributed by atoms with Crippen molar-refractivity contribution in [1.82, 2.24) is 20.2 Å². The lowest BCUT2D eigenvalue weighted by atomic mass is 9.87. The average Bonchev–Trinajstić information content (AvgIpc) is 3.28. The van der Waals surface area contributed by atoms with Crippen LogP contribution in [-0.2, 0) is 10.2 Å². The van der Waals surface area contributed by atoms with Crippen LogP contribution < -0.4 is 5.43 Å². The second kappa shape index (κ2) is 10.7. The van der Waals surface area contributed by atoms with Crippen molar-refractivity contribution in [3.63, 3.8) is 0 Å². The molecule has 3 aromatic carbocycles. The van der Waals surface area contributed by atoms with E-state index in [0.717, 1.165) is 28.2 Å². The van der Waals surface area contributed by atoms with E-state index < -0.39 is 0 Å². The Hall–Kier alpha value is -3.71. The SMILES string of the molecule is Cc1ccccc1/C=N\NC(=O)CSc1nnc(-c2ccc(C(C)(C)C)cc2)n1-c1ccccc1. The summed E-state index contributed by atoms with van der Waals surface area (Å²) in [5.41, 5.74) is 7.89. The Morgan fingerprint density at radius 3 is 2.34 bits per heavy atom. The number of amides is 1. The summed E-state index contributed by atoms with van der Waals surface area (Å²) in [6.45, 7) is 8.58. The average molecular weight is 484 g/mol. The molecule has 35 heavy (non-hydrogen) atoms. The van der Waals surface area contributed by atoms with Gasteiger partial charge in [0.15, 0.2) is 11.0 Å². The molecule has 0 saturated heterocycles. The van der Waals surface area contributed by atoms with Gasteiger partial charge < -0.3 is 0 Å². The van der Waals surface area contributed by atoms with Crippen molar-refractivity contribution in [2.45, 2.75) is 38.3 Å². The van der Waals surface area contributed by atoms with E-state index in [1.807, 2.05) is 66.1 Å². The topological polar surface area (TPSA) is 72.2 Å². The van der Waals surface area contributed by atoms with Gasteiger partial charge in [-0.15, -0.1) is 10.2 Å². The summed E-state index contributed by atoms with van der Waals surface area (Å²) in [5.74, 6) is 0.689. The van der Waals surface area contributed by atoms with Gasteiger partial charge in [-0.2, -0.15) is 5.10 Å². The standard InChI is InChI=1S/C28H29N5OS/c1-20-10-8-9-11-22(20)18-29-30-25(34)19-35-27-32-31-26(33(27)24-12-6-5-7-13-24)21-14-16-23(17-15-21)28(2,3)4/h5-18H,19H2,1-4H3,(H,30,34)/b29-18-. The third kappa shape index (κ3) is 6.05. The van der Waals surface area contributed by atoms with Crippen LogP contribution in [0.1, 0.15) is 37.5 Å². The van der Waals surface area contributed by atoms with Crippen LogP contribution in [0.2, 0.25) is 0 Å². The largest absolute Gasteiger partial charge is 0.272 e. The number of hydrogen-bond acceptors (Lipinski definition) is 5. The highest BCUT2D eigenvalue weighted by molar-refractivity contribution is 7.99. The third-order valence-electron chi connectivity index (χ3n) is 5.57. The number of nitrogens with zero attached hydrogens (tertiary/aromatic N) is 4. The number of rotatable bonds is 7. The predicted molar refractivity (Wildman–Crippen MR) is 143 cm³/mol. The number of thioether (sulfide) groups is 1. The Balaban J connectivity index is 1.53. The maximum atomic E-state index is 12.4. The maximum absolute atomic E-state index is 12.4. The molecule has 1 heterocycles. The molecule has 0 bridgehead atoms. The molecule has 178 valence electrons. The van der Waals surface area contributed by atoms with Crippen LogP contribution in [0.4, 0.5) is 0 Å². The molecule has 4 rings (SSSR count). The van der Waals surface area contributed by atoms with E-state index in [1.54, 1.807) is 6.21 Å². The zero-order valence-electron chi connectivity index (χ0n) is 20.4. The fraction of sp³-hybridized carbons (Fsp3) is 0.214. The summed E-state index contributed by atoms with van der Waals surface area (Å²) in [4.78, 5) is 12.4. The number of benzene rings is 3. The smallest absolute Gasteiger partial charge is 0.250 e. The molecule has 4 aromatic rings. The van der Waals surface area contributed by atoms with E-state index in [1.165, 1.54) is 17.3 Å². The normalized spacial score (nSPS) is 11.7. The van der Waals surface area contributed by atoms with E-state index in [2.05, 4.69) is 65.8 Å². The lowest BCUT2D eigenvalue weighted by Crippen LogP contribution is -2.20. The third-order valence-corrected chi connectivity index (χ3v) is 6.50. The number of aromatic nitrogens is 3. The molecule has 0 aliphatic heterocycles. The van der Waals surface area contributed by atoms with Gasteiger partial charge in [0.05, 0.1) is 12.0 Å². The molecule has 0 spiro atoms. The van der Waals surface area contributed by atoms with Gasteiger partial charge in [-0.25, -0.2) is 5.43 Å². The van der Waals surface area contributed by atoms with Gasteiger partial charge in [0, 0.05) is 11.3 Å². The molecule has 6 nitrogen and oxygen atoms in total. The Morgan fingerprint density at radius 2 is 1.66 bits per heavy atom. The molecule has 1 N–H and O–H groups in total. The Labute approximate surface area is 210 Å². The molecule has 0 unspecified atom stereocenters. The summed E-state index contributed by atoms with van der Waals surface area (Å²) in [5, 5.41) is 13.6. The molecule has 0 saturated carbocycles. The van der Waals surface area contributed by atoms with E-state index in [0.29, 0.717) is 5.16 Å². The lowest BCUT2D eigenvalue weighted by Gasteiger charge is -2.19. The molecule has 7 heteroatoms. The molecule has 0 radical (unpaired) electrons. The van der Waals surface area contributed by atoms with E-state index in [4.69, 9.17) is 0 Å². The lowest BCUT2D eigenvalue weighted by molar-refractivity contribution is -0.118. The highest BCUT2D eigenvalue weighted by Gasteiger charge is 2.19. The van der Waals surface area contributed by atoms with Crippen molar-refractivity contribution in [1.29, 1.82) is 0 Å². The van der Waals surface area contributed by atoms with Gasteiger partial charge in [0.25, 0.3) is 5.91 Å². The number of carbonyl (C=O) groups excluding carboxylic acids is 1. The first-order valence-corrected chi connectivity index (χ1v) is 12.4. The quantitative estimate of drug-likeness (QED) is 0.205. The predicted octanol–water partition coefficient (Wildman–Crippen LogP) is 5.78. The van der Waals surface area contributed by atoms with Crippen LogP contribution in [0.25, 0.3) is 17.1 Å². The second-order valence-electron chi connectivity index (χ2n) is 9.24. The Morgan fingerprint density at radius 1 is 0.971 bits per heavy atom. The Kier molecular flexibility index (Phi) is 7.46. The van der Waals surface area contributed by atoms with Crippen LogP contribution in [0.3, 0.4) is 0 Å². The summed E-state index contributed by atoms with van der Waals surface area (Å²) in [6, 6.07) is 26.2. The first-order valence-electron chi connectivity index (χ1n) is 11.4. The molecule has 1 amide bonds. The van der Waals surface area contributed by atoms with Crippen molar-refractivity contribution in [3.05, 3.63) is 95.6 Å². The Bertz CT molecular complexity index is 1320. The number of aryl methyl sites for hydroxylation is 1. The van der Waals surface area contributed by atoms with Gasteiger partial charge in [-0.3, -0.25) is 9.36 Å². The van der Waals surface area contributed by atoms with Crippen LogP contribution in [0, 0.1) is 6.92 Å². The minimum Gasteiger partial charge on any atom is -0.272 e. The first kappa shape index (κ1) is 24.4. The summed E-state index contributed by atoms with van der Waals surface area (Å²) in [7, 11) is 0. The maximum Gasteiger partial charge on any atom is 0.250 e. The van der Waals surface area contributed by atoms with E-state index in [9.17, 15) is 4.79 Å². The number of carbonyl (C=O) groups is 1. The summed E-state index contributed by atoms with van der Waals surface area (Å²) < 4.78 is 1.99. The van der Waals surface area contributed by atoms with Crippen LogP contribution in [0.15, 0.2) is 89.1 Å². The number of hydrazone groups is 1. The molecule has 1 aromatic heterocycles. The molecule has 0 aliphatic carbocycles. The second-order valence-corrected chi connectivity index (χ2v) is 10.2. The number of para-hydroxylation sites is 1.